The Hall–Kier alpha value is -2.75. The fraction of sp³-hybridized carbons (Fsp3) is 0.478. The van der Waals surface area contributed by atoms with Gasteiger partial charge in [-0.25, -0.2) is 19.8 Å². The molecule has 0 amide bonds. The van der Waals surface area contributed by atoms with Crippen LogP contribution in [0, 0.1) is 5.82 Å². The summed E-state index contributed by atoms with van der Waals surface area (Å²) in [6.07, 6.45) is 7.78. The van der Waals surface area contributed by atoms with Crippen molar-refractivity contribution in [1.29, 1.82) is 0 Å². The number of nitrogens with one attached hydrogen (secondary N) is 1. The second-order valence-corrected chi connectivity index (χ2v) is 8.73. The highest BCUT2D eigenvalue weighted by Gasteiger charge is 2.26. The Bertz CT molecular complexity index is 1000. The molecule has 0 atom stereocenters. The first kappa shape index (κ1) is 21.1. The third-order valence-electron chi connectivity index (χ3n) is 6.55. The number of piperidine rings is 1. The Kier molecular flexibility index (Phi) is 5.95. The monoisotopic (exact) mass is 439 g/mol. The average molecular weight is 440 g/mol. The summed E-state index contributed by atoms with van der Waals surface area (Å²) in [6, 6.07) is 5.49. The normalized spacial score (nSPS) is 20.6. The fourth-order valence-corrected chi connectivity index (χ4v) is 4.55. The highest BCUT2D eigenvalue weighted by Crippen LogP contribution is 2.32. The lowest BCUT2D eigenvalue weighted by atomic mass is 10.0. The SMILES string of the molecule is Nc1ccc(-c2nc(N3CCC(N)CC3)ncc2C2=CN(C3CCOCC3)NC2)cc1F. The van der Waals surface area contributed by atoms with Gasteiger partial charge in [-0.15, -0.1) is 0 Å². The topological polar surface area (TPSA) is 106 Å². The lowest BCUT2D eigenvalue weighted by Gasteiger charge is -2.30. The van der Waals surface area contributed by atoms with Crippen LogP contribution >= 0.6 is 0 Å². The highest BCUT2D eigenvalue weighted by atomic mass is 19.1. The molecule has 2 fully saturated rings. The number of benzene rings is 1. The molecule has 0 aliphatic carbocycles. The van der Waals surface area contributed by atoms with Gasteiger partial charge in [0.15, 0.2) is 0 Å². The third-order valence-corrected chi connectivity index (χ3v) is 6.55. The molecule has 5 rings (SSSR count). The standard InChI is InChI=1S/C23H30FN7O/c24-20-11-15(1-2-21(20)26)22-19(13-27-23(29-22)30-7-3-17(25)4-8-30)16-12-28-31(14-16)18-5-9-32-10-6-18/h1-2,11,13-14,17-18,28H,3-10,12,25-26H2. The molecule has 5 N–H and O–H groups in total. The maximum atomic E-state index is 14.3. The van der Waals surface area contributed by atoms with Crippen LogP contribution in [0.25, 0.3) is 16.8 Å². The van der Waals surface area contributed by atoms with Crippen LogP contribution in [0.4, 0.5) is 16.0 Å². The largest absolute Gasteiger partial charge is 0.396 e. The molecule has 3 aliphatic rings. The molecular formula is C23H30FN7O. The number of anilines is 2. The number of nitrogen functional groups attached to an aromatic ring is 1. The first-order valence-electron chi connectivity index (χ1n) is 11.3. The lowest BCUT2D eigenvalue weighted by molar-refractivity contribution is 0.0391. The van der Waals surface area contributed by atoms with Crippen LogP contribution in [0.15, 0.2) is 30.6 Å². The Labute approximate surface area is 187 Å². The Morgan fingerprint density at radius 2 is 1.91 bits per heavy atom. The van der Waals surface area contributed by atoms with Gasteiger partial charge in [0.25, 0.3) is 0 Å². The van der Waals surface area contributed by atoms with Crippen molar-refractivity contribution in [1.82, 2.24) is 20.4 Å². The van der Waals surface area contributed by atoms with Crippen LogP contribution in [-0.2, 0) is 4.74 Å². The van der Waals surface area contributed by atoms with E-state index in [0.717, 1.165) is 63.1 Å². The van der Waals surface area contributed by atoms with E-state index in [4.69, 9.17) is 21.2 Å². The maximum Gasteiger partial charge on any atom is 0.225 e. The van der Waals surface area contributed by atoms with Crippen LogP contribution in [0.5, 0.6) is 0 Å². The fourth-order valence-electron chi connectivity index (χ4n) is 4.55. The van der Waals surface area contributed by atoms with Gasteiger partial charge in [-0.05, 0) is 43.4 Å². The molecule has 170 valence electrons. The molecule has 9 heteroatoms. The van der Waals surface area contributed by atoms with E-state index in [0.29, 0.717) is 29.8 Å². The van der Waals surface area contributed by atoms with E-state index in [2.05, 4.69) is 26.5 Å². The van der Waals surface area contributed by atoms with Crippen molar-refractivity contribution in [2.24, 2.45) is 5.73 Å². The second kappa shape index (κ2) is 9.01. The summed E-state index contributed by atoms with van der Waals surface area (Å²) in [5.41, 5.74) is 18.8. The van der Waals surface area contributed by atoms with Gasteiger partial charge in [-0.2, -0.15) is 0 Å². The van der Waals surface area contributed by atoms with E-state index < -0.39 is 5.82 Å². The molecule has 1 aromatic heterocycles. The number of nitrogens with zero attached hydrogens (tertiary/aromatic N) is 4. The predicted octanol–water partition coefficient (Wildman–Crippen LogP) is 2.13. The number of halogens is 1. The molecule has 0 bridgehead atoms. The minimum atomic E-state index is -0.445. The molecule has 1 aromatic carbocycles. The zero-order valence-corrected chi connectivity index (χ0v) is 18.1. The summed E-state index contributed by atoms with van der Waals surface area (Å²) >= 11 is 0. The summed E-state index contributed by atoms with van der Waals surface area (Å²) in [5, 5.41) is 2.17. The van der Waals surface area contributed by atoms with Crippen molar-refractivity contribution in [3.8, 4) is 11.3 Å². The first-order chi connectivity index (χ1) is 15.6. The summed E-state index contributed by atoms with van der Waals surface area (Å²) < 4.78 is 19.8. The molecule has 32 heavy (non-hydrogen) atoms. The van der Waals surface area contributed by atoms with Crippen LogP contribution in [0.1, 0.15) is 31.2 Å². The molecular weight excluding hydrogens is 409 g/mol. The van der Waals surface area contributed by atoms with E-state index in [9.17, 15) is 4.39 Å². The lowest BCUT2D eigenvalue weighted by Crippen LogP contribution is -2.41. The number of hydrazine groups is 1. The van der Waals surface area contributed by atoms with Crippen molar-refractivity contribution in [2.75, 3.05) is 43.5 Å². The predicted molar refractivity (Wildman–Crippen MR) is 123 cm³/mol. The zero-order chi connectivity index (χ0) is 22.1. The van der Waals surface area contributed by atoms with Gasteiger partial charge < -0.3 is 26.1 Å². The first-order valence-corrected chi connectivity index (χ1v) is 11.3. The number of hydrogen-bond acceptors (Lipinski definition) is 8. The number of nitrogens with two attached hydrogens (primary N) is 2. The Morgan fingerprint density at radius 3 is 2.66 bits per heavy atom. The Morgan fingerprint density at radius 1 is 1.12 bits per heavy atom. The van der Waals surface area contributed by atoms with Gasteiger partial charge in [0.2, 0.25) is 5.95 Å². The van der Waals surface area contributed by atoms with Gasteiger partial charge >= 0.3 is 0 Å². The third kappa shape index (κ3) is 4.28. The molecule has 0 radical (unpaired) electrons. The summed E-state index contributed by atoms with van der Waals surface area (Å²) in [5.74, 6) is 0.209. The van der Waals surface area contributed by atoms with Gasteiger partial charge in [0.05, 0.1) is 11.4 Å². The number of aromatic nitrogens is 2. The van der Waals surface area contributed by atoms with Crippen molar-refractivity contribution < 1.29 is 9.13 Å². The summed E-state index contributed by atoms with van der Waals surface area (Å²) in [7, 11) is 0. The van der Waals surface area contributed by atoms with Crippen LogP contribution in [0.2, 0.25) is 0 Å². The maximum absolute atomic E-state index is 14.3. The highest BCUT2D eigenvalue weighted by molar-refractivity contribution is 5.81. The number of rotatable bonds is 4. The zero-order valence-electron chi connectivity index (χ0n) is 18.1. The number of ether oxygens (including phenoxy) is 1. The van der Waals surface area contributed by atoms with Crippen molar-refractivity contribution in [3.63, 3.8) is 0 Å². The van der Waals surface area contributed by atoms with E-state index in [1.54, 1.807) is 6.07 Å². The second-order valence-electron chi connectivity index (χ2n) is 8.73. The van der Waals surface area contributed by atoms with Crippen molar-refractivity contribution >= 4 is 17.2 Å². The quantitative estimate of drug-likeness (QED) is 0.623. The molecule has 3 aliphatic heterocycles. The summed E-state index contributed by atoms with van der Waals surface area (Å²) in [4.78, 5) is 11.7. The average Bonchev–Trinajstić information content (AvgIpc) is 3.32. The molecule has 0 unspecified atom stereocenters. The summed E-state index contributed by atoms with van der Waals surface area (Å²) in [6.45, 7) is 3.86. The molecule has 0 spiro atoms. The number of hydrogen-bond donors (Lipinski definition) is 3. The van der Waals surface area contributed by atoms with Crippen LogP contribution in [-0.4, -0.2) is 59.9 Å². The molecule has 2 aromatic rings. The molecule has 8 nitrogen and oxygen atoms in total. The molecule has 2 saturated heterocycles. The van der Waals surface area contributed by atoms with Gasteiger partial charge in [0.1, 0.15) is 5.82 Å². The van der Waals surface area contributed by atoms with Gasteiger partial charge in [-0.1, -0.05) is 6.07 Å². The van der Waals surface area contributed by atoms with E-state index in [-0.39, 0.29) is 11.7 Å². The van der Waals surface area contributed by atoms with Crippen molar-refractivity contribution in [2.45, 2.75) is 37.8 Å². The Balaban J connectivity index is 1.50. The van der Waals surface area contributed by atoms with Crippen LogP contribution in [0.3, 0.4) is 0 Å². The van der Waals surface area contributed by atoms with Crippen molar-refractivity contribution in [3.05, 3.63) is 42.0 Å². The van der Waals surface area contributed by atoms with E-state index in [1.807, 2.05) is 12.3 Å². The minimum absolute atomic E-state index is 0.127. The van der Waals surface area contributed by atoms with E-state index in [1.165, 1.54) is 6.07 Å². The smallest absolute Gasteiger partial charge is 0.225 e. The van der Waals surface area contributed by atoms with Gasteiger partial charge in [-0.3, -0.25) is 0 Å². The molecule has 4 heterocycles. The van der Waals surface area contributed by atoms with Gasteiger partial charge in [0, 0.05) is 68.5 Å². The minimum Gasteiger partial charge on any atom is -0.396 e. The molecule has 0 saturated carbocycles. The van der Waals surface area contributed by atoms with E-state index >= 15 is 0 Å². The van der Waals surface area contributed by atoms with Crippen LogP contribution < -0.4 is 21.8 Å².